The van der Waals surface area contributed by atoms with Crippen molar-refractivity contribution in [1.82, 2.24) is 10.6 Å². The third kappa shape index (κ3) is 6.29. The zero-order valence-corrected chi connectivity index (χ0v) is 23.1. The van der Waals surface area contributed by atoms with Crippen molar-refractivity contribution < 1.29 is 9.53 Å². The normalized spacial score (nSPS) is 27.3. The summed E-state index contributed by atoms with van der Waals surface area (Å²) in [5.41, 5.74) is 11.9. The van der Waals surface area contributed by atoms with Crippen LogP contribution in [0.4, 0.5) is 0 Å². The molecule has 0 atom stereocenters. The van der Waals surface area contributed by atoms with Crippen LogP contribution in [-0.4, -0.2) is 24.8 Å². The minimum atomic E-state index is 0.0298. The van der Waals surface area contributed by atoms with Crippen LogP contribution in [0.15, 0.2) is 88.6 Å². The van der Waals surface area contributed by atoms with Crippen LogP contribution in [0.1, 0.15) is 75.2 Å². The molecule has 3 fully saturated rings. The van der Waals surface area contributed by atoms with Crippen LogP contribution in [0.3, 0.4) is 0 Å². The number of nitrogens with one attached hydrogen (secondary N) is 2. The van der Waals surface area contributed by atoms with Crippen LogP contribution >= 0.6 is 0 Å². The molecular weight excluding hydrogens is 472 g/mol. The van der Waals surface area contributed by atoms with Gasteiger partial charge in [-0.3, -0.25) is 4.79 Å². The maximum atomic E-state index is 12.9. The average molecular weight is 515 g/mol. The van der Waals surface area contributed by atoms with Crippen LogP contribution in [0.5, 0.6) is 0 Å². The molecule has 1 aromatic carbocycles. The number of ether oxygens (including phenoxy) is 1. The van der Waals surface area contributed by atoms with E-state index in [2.05, 4.69) is 42.6 Å². The molecule has 202 valence electrons. The molecule has 1 saturated heterocycles. The standard InChI is InChI=1S/C32H42N4O2/c1-6-24-16-32(17-24)18-27(19-32)36-31(37)26-10-8-9-25(15-26)20-35-22(4)29-12-14-38-30(29)28(7-2)21(3)11-13-34-23(5)33/h7-11,13,15,24,27,35H,2,5-6,12,14,16-20,33H2,1,3-4H3,(H,36,37)/b21-11+,29-22+,30-28-,34-13?. The molecule has 4 N–H and O–H groups in total. The summed E-state index contributed by atoms with van der Waals surface area (Å²) in [6, 6.07) is 8.21. The molecule has 1 heterocycles. The van der Waals surface area contributed by atoms with Crippen LogP contribution in [0.25, 0.3) is 0 Å². The second-order valence-corrected chi connectivity index (χ2v) is 11.1. The van der Waals surface area contributed by atoms with Crippen molar-refractivity contribution in [2.45, 2.75) is 71.9 Å². The first-order valence-corrected chi connectivity index (χ1v) is 13.7. The molecule has 6 nitrogen and oxygen atoms in total. The van der Waals surface area contributed by atoms with E-state index in [-0.39, 0.29) is 11.7 Å². The number of hydrogen-bond acceptors (Lipinski definition) is 5. The van der Waals surface area contributed by atoms with Crippen molar-refractivity contribution >= 4 is 12.1 Å². The van der Waals surface area contributed by atoms with E-state index in [1.165, 1.54) is 19.3 Å². The minimum absolute atomic E-state index is 0.0298. The lowest BCUT2D eigenvalue weighted by atomic mass is 9.49. The van der Waals surface area contributed by atoms with Gasteiger partial charge in [0.15, 0.2) is 0 Å². The van der Waals surface area contributed by atoms with Crippen LogP contribution in [0.2, 0.25) is 0 Å². The third-order valence-electron chi connectivity index (χ3n) is 8.23. The monoisotopic (exact) mass is 514 g/mol. The number of amides is 1. The summed E-state index contributed by atoms with van der Waals surface area (Å²) in [4.78, 5) is 16.9. The Bertz CT molecular complexity index is 1210. The Kier molecular flexibility index (Phi) is 8.60. The van der Waals surface area contributed by atoms with Crippen molar-refractivity contribution in [3.05, 3.63) is 94.7 Å². The Hall–Kier alpha value is -3.54. The lowest BCUT2D eigenvalue weighted by molar-refractivity contribution is -0.0479. The van der Waals surface area contributed by atoms with E-state index in [0.717, 1.165) is 64.5 Å². The second kappa shape index (κ2) is 11.9. The van der Waals surface area contributed by atoms with Crippen LogP contribution in [0, 0.1) is 11.3 Å². The van der Waals surface area contributed by atoms with Gasteiger partial charge in [0.05, 0.1) is 6.61 Å². The van der Waals surface area contributed by atoms with E-state index in [9.17, 15) is 4.79 Å². The molecule has 1 spiro atoms. The van der Waals surface area contributed by atoms with Crippen LogP contribution < -0.4 is 16.4 Å². The lowest BCUT2D eigenvalue weighted by Gasteiger charge is -2.58. The first-order chi connectivity index (χ1) is 18.2. The molecule has 2 aliphatic carbocycles. The van der Waals surface area contributed by atoms with Crippen molar-refractivity contribution in [2.24, 2.45) is 22.1 Å². The number of carbonyl (C=O) groups excluding carboxylic acids is 1. The summed E-state index contributed by atoms with van der Waals surface area (Å²) in [6.45, 7) is 15.2. The molecule has 0 bridgehead atoms. The molecular formula is C32H42N4O2. The number of benzene rings is 1. The van der Waals surface area contributed by atoms with Gasteiger partial charge < -0.3 is 21.1 Å². The number of nitrogens with two attached hydrogens (primary N) is 1. The van der Waals surface area contributed by atoms with Gasteiger partial charge in [0, 0.05) is 47.6 Å². The Morgan fingerprint density at radius 3 is 2.71 bits per heavy atom. The van der Waals surface area contributed by atoms with Crippen molar-refractivity contribution in [2.75, 3.05) is 6.61 Å². The fraction of sp³-hybridized carbons (Fsp3) is 0.438. The van der Waals surface area contributed by atoms with E-state index in [1.807, 2.05) is 43.3 Å². The predicted molar refractivity (Wildman–Crippen MR) is 155 cm³/mol. The summed E-state index contributed by atoms with van der Waals surface area (Å²) in [6.07, 6.45) is 12.4. The zero-order chi connectivity index (χ0) is 27.3. The quantitative estimate of drug-likeness (QED) is 0.331. The van der Waals surface area contributed by atoms with Gasteiger partial charge in [-0.25, -0.2) is 4.99 Å². The van der Waals surface area contributed by atoms with Gasteiger partial charge in [-0.05, 0) is 80.2 Å². The number of nitrogens with zero attached hydrogens (tertiary/aromatic N) is 1. The second-order valence-electron chi connectivity index (χ2n) is 11.1. The van der Waals surface area contributed by atoms with Gasteiger partial charge in [0.2, 0.25) is 0 Å². The molecule has 0 aromatic heterocycles. The Balaban J connectivity index is 1.37. The Labute approximate surface area is 227 Å². The van der Waals surface area contributed by atoms with Gasteiger partial charge in [0.25, 0.3) is 5.91 Å². The topological polar surface area (TPSA) is 88.7 Å². The van der Waals surface area contributed by atoms with Crippen molar-refractivity contribution in [3.8, 4) is 0 Å². The highest BCUT2D eigenvalue weighted by molar-refractivity contribution is 5.94. The summed E-state index contributed by atoms with van der Waals surface area (Å²) in [5.74, 6) is 2.03. The van der Waals surface area contributed by atoms with Gasteiger partial charge in [0.1, 0.15) is 11.6 Å². The molecule has 1 aromatic rings. The fourth-order valence-corrected chi connectivity index (χ4v) is 6.13. The summed E-state index contributed by atoms with van der Waals surface area (Å²) < 4.78 is 6.01. The summed E-state index contributed by atoms with van der Waals surface area (Å²) in [7, 11) is 0. The van der Waals surface area contributed by atoms with Gasteiger partial charge in [-0.15, -0.1) is 0 Å². The number of aliphatic imine (C=N–C) groups is 1. The fourth-order valence-electron chi connectivity index (χ4n) is 6.13. The molecule has 3 aliphatic rings. The van der Waals surface area contributed by atoms with Gasteiger partial charge in [-0.2, -0.15) is 0 Å². The highest BCUT2D eigenvalue weighted by Gasteiger charge is 2.52. The number of carbonyl (C=O) groups is 1. The smallest absolute Gasteiger partial charge is 0.251 e. The molecule has 4 rings (SSSR count). The first-order valence-electron chi connectivity index (χ1n) is 13.7. The van der Waals surface area contributed by atoms with Crippen molar-refractivity contribution in [3.63, 3.8) is 0 Å². The Morgan fingerprint density at radius 2 is 2.03 bits per heavy atom. The van der Waals surface area contributed by atoms with E-state index in [1.54, 1.807) is 6.21 Å². The van der Waals surface area contributed by atoms with Gasteiger partial charge in [-0.1, -0.05) is 44.7 Å². The predicted octanol–water partition coefficient (Wildman–Crippen LogP) is 6.06. The number of hydrogen-bond donors (Lipinski definition) is 3. The average Bonchev–Trinajstić information content (AvgIpc) is 3.33. The first kappa shape index (κ1) is 27.5. The molecule has 38 heavy (non-hydrogen) atoms. The molecule has 1 aliphatic heterocycles. The van der Waals surface area contributed by atoms with Crippen molar-refractivity contribution in [1.29, 1.82) is 0 Å². The summed E-state index contributed by atoms with van der Waals surface area (Å²) in [5, 5.41) is 6.79. The molecule has 0 unspecified atom stereocenters. The highest BCUT2D eigenvalue weighted by Crippen LogP contribution is 2.59. The lowest BCUT2D eigenvalue weighted by Crippen LogP contribution is -2.56. The van der Waals surface area contributed by atoms with E-state index >= 15 is 0 Å². The van der Waals surface area contributed by atoms with E-state index < -0.39 is 0 Å². The summed E-state index contributed by atoms with van der Waals surface area (Å²) >= 11 is 0. The molecule has 6 heteroatoms. The van der Waals surface area contributed by atoms with Gasteiger partial charge >= 0.3 is 0 Å². The SMILES string of the molecule is C=CC(=C1/OCC/C1=C(/C)NCc1cccc(C(=O)NC2CC3(CC(CC)C3)C2)c1)/C(C)=C/C=NC(=C)N. The largest absolute Gasteiger partial charge is 0.492 e. The molecule has 0 radical (unpaired) electrons. The zero-order valence-electron chi connectivity index (χ0n) is 23.1. The molecule has 2 saturated carbocycles. The number of allylic oxidation sites excluding steroid dienone is 6. The minimum Gasteiger partial charge on any atom is -0.492 e. The highest BCUT2D eigenvalue weighted by atomic mass is 16.5. The maximum Gasteiger partial charge on any atom is 0.251 e. The third-order valence-corrected chi connectivity index (χ3v) is 8.23. The van der Waals surface area contributed by atoms with Crippen LogP contribution in [-0.2, 0) is 11.3 Å². The maximum absolute atomic E-state index is 12.9. The number of rotatable bonds is 10. The Morgan fingerprint density at radius 1 is 1.26 bits per heavy atom. The van der Waals surface area contributed by atoms with E-state index in [4.69, 9.17) is 10.5 Å². The van der Waals surface area contributed by atoms with E-state index in [0.29, 0.717) is 24.6 Å². The molecule has 1 amide bonds.